The lowest BCUT2D eigenvalue weighted by Gasteiger charge is -2.23. The summed E-state index contributed by atoms with van der Waals surface area (Å²) in [5.41, 5.74) is 0. The normalized spacial score (nSPS) is 21.1. The Kier molecular flexibility index (Phi) is 6.78. The first kappa shape index (κ1) is 16.1. The number of carboxylic acids is 1. The molecule has 0 aromatic rings. The largest absolute Gasteiger partial charge is 0.481 e. The molecule has 2 N–H and O–H groups in total. The Morgan fingerprint density at radius 3 is 2.78 bits per heavy atom. The van der Waals surface area contributed by atoms with Gasteiger partial charge in [-0.1, -0.05) is 0 Å². The van der Waals surface area contributed by atoms with Crippen molar-refractivity contribution in [2.45, 2.75) is 11.7 Å². The van der Waals surface area contributed by atoms with Crippen LogP contribution in [0.4, 0.5) is 0 Å². The van der Waals surface area contributed by atoms with Gasteiger partial charge >= 0.3 is 5.97 Å². The minimum absolute atomic E-state index is 0.0166. The Labute approximate surface area is 116 Å². The second kappa shape index (κ2) is 7.59. The summed E-state index contributed by atoms with van der Waals surface area (Å²) in [5, 5.41) is 8.81. The molecule has 0 amide bonds. The second-order valence-corrected chi connectivity index (χ2v) is 8.31. The van der Waals surface area contributed by atoms with Gasteiger partial charge < -0.3 is 5.11 Å². The maximum absolute atomic E-state index is 11.8. The molecule has 18 heavy (non-hydrogen) atoms. The van der Waals surface area contributed by atoms with Gasteiger partial charge in [-0.2, -0.15) is 36.2 Å². The van der Waals surface area contributed by atoms with Gasteiger partial charge in [0.05, 0.1) is 6.42 Å². The molecule has 1 fully saturated rings. The van der Waals surface area contributed by atoms with E-state index in [-0.39, 0.29) is 13.0 Å². The van der Waals surface area contributed by atoms with Crippen molar-refractivity contribution in [1.29, 1.82) is 0 Å². The monoisotopic (exact) mass is 314 g/mol. The molecule has 1 heterocycles. The fraction of sp³-hybridized carbons (Fsp3) is 0.889. The average Bonchev–Trinajstić information content (AvgIpc) is 2.34. The first-order valence-corrected chi connectivity index (χ1v) is 9.18. The highest BCUT2D eigenvalue weighted by atomic mass is 32.2. The lowest BCUT2D eigenvalue weighted by molar-refractivity contribution is -0.137. The van der Waals surface area contributed by atoms with Crippen LogP contribution >= 0.6 is 23.5 Å². The fourth-order valence-corrected chi connectivity index (χ4v) is 5.02. The Balaban J connectivity index is 2.35. The lowest BCUT2D eigenvalue weighted by atomic mass is 10.4. The van der Waals surface area contributed by atoms with Gasteiger partial charge in [0.25, 0.3) is 10.2 Å². The van der Waals surface area contributed by atoms with Crippen LogP contribution in [0.15, 0.2) is 0 Å². The van der Waals surface area contributed by atoms with Gasteiger partial charge in [0.15, 0.2) is 0 Å². The highest BCUT2D eigenvalue weighted by molar-refractivity contribution is 8.06. The molecule has 0 aliphatic carbocycles. The predicted octanol–water partition coefficient (Wildman–Crippen LogP) is 0.0759. The number of rotatable bonds is 7. The van der Waals surface area contributed by atoms with Crippen LogP contribution in [0.25, 0.3) is 0 Å². The summed E-state index contributed by atoms with van der Waals surface area (Å²) >= 11 is 3.60. The van der Waals surface area contributed by atoms with Gasteiger partial charge in [-0.15, -0.1) is 0 Å². The topological polar surface area (TPSA) is 86.7 Å². The van der Waals surface area contributed by atoms with Gasteiger partial charge in [0.1, 0.15) is 0 Å². The van der Waals surface area contributed by atoms with Crippen LogP contribution in [0.2, 0.25) is 0 Å². The van der Waals surface area contributed by atoms with E-state index >= 15 is 0 Å². The third-order valence-corrected chi connectivity index (χ3v) is 6.81. The molecule has 1 aliphatic heterocycles. The van der Waals surface area contributed by atoms with Crippen LogP contribution in [-0.2, 0) is 15.0 Å². The molecule has 1 rings (SSSR count). The summed E-state index contributed by atoms with van der Waals surface area (Å²) in [7, 11) is -2.17. The van der Waals surface area contributed by atoms with E-state index in [2.05, 4.69) is 4.72 Å². The molecule has 0 saturated carbocycles. The third-order valence-electron chi connectivity index (χ3n) is 2.43. The fourth-order valence-electron chi connectivity index (χ4n) is 1.34. The van der Waals surface area contributed by atoms with E-state index in [1.54, 1.807) is 11.8 Å². The number of hydrogen-bond donors (Lipinski definition) is 2. The smallest absolute Gasteiger partial charge is 0.304 e. The molecular formula is C9H18N2O4S3. The molecule has 0 aromatic carbocycles. The maximum Gasteiger partial charge on any atom is 0.304 e. The molecule has 1 saturated heterocycles. The number of aliphatic carboxylic acids is 1. The average molecular weight is 314 g/mol. The Morgan fingerprint density at radius 1 is 1.50 bits per heavy atom. The van der Waals surface area contributed by atoms with Crippen LogP contribution in [0, 0.1) is 0 Å². The van der Waals surface area contributed by atoms with E-state index in [1.807, 2.05) is 11.8 Å². The zero-order chi connectivity index (χ0) is 13.6. The van der Waals surface area contributed by atoms with E-state index in [1.165, 1.54) is 7.05 Å². The molecule has 0 spiro atoms. The zero-order valence-corrected chi connectivity index (χ0v) is 12.6. The minimum atomic E-state index is -3.56. The molecular weight excluding hydrogens is 296 g/mol. The SMILES string of the molecule is CN(CCC(=O)O)S(=O)(=O)NCC1CSCCS1. The Morgan fingerprint density at radius 2 is 2.22 bits per heavy atom. The molecule has 0 aromatic heterocycles. The number of carboxylic acid groups (broad SMARTS) is 1. The zero-order valence-electron chi connectivity index (χ0n) is 10.2. The number of nitrogens with zero attached hydrogens (tertiary/aromatic N) is 1. The van der Waals surface area contributed by atoms with E-state index in [0.717, 1.165) is 21.6 Å². The quantitative estimate of drug-likeness (QED) is 0.692. The summed E-state index contributed by atoms with van der Waals surface area (Å²) in [6.45, 7) is 0.384. The summed E-state index contributed by atoms with van der Waals surface area (Å²) < 4.78 is 27.1. The molecule has 1 atom stereocenters. The predicted molar refractivity (Wildman–Crippen MR) is 75.4 cm³/mol. The van der Waals surface area contributed by atoms with Gasteiger partial charge in [-0.25, -0.2) is 4.72 Å². The molecule has 6 nitrogen and oxygen atoms in total. The molecule has 0 bridgehead atoms. The van der Waals surface area contributed by atoms with E-state index in [4.69, 9.17) is 5.11 Å². The Hall–Kier alpha value is 0.0400. The van der Waals surface area contributed by atoms with Crippen LogP contribution in [0.5, 0.6) is 0 Å². The summed E-state index contributed by atoms with van der Waals surface area (Å²) in [5.74, 6) is 2.11. The minimum Gasteiger partial charge on any atom is -0.481 e. The first-order valence-electron chi connectivity index (χ1n) is 5.54. The van der Waals surface area contributed by atoms with Crippen molar-refractivity contribution >= 4 is 39.7 Å². The van der Waals surface area contributed by atoms with E-state index in [0.29, 0.717) is 11.8 Å². The van der Waals surface area contributed by atoms with E-state index < -0.39 is 16.2 Å². The van der Waals surface area contributed by atoms with Gasteiger partial charge in [0.2, 0.25) is 0 Å². The van der Waals surface area contributed by atoms with Crippen molar-refractivity contribution in [3.05, 3.63) is 0 Å². The highest BCUT2D eigenvalue weighted by Gasteiger charge is 2.21. The lowest BCUT2D eigenvalue weighted by Crippen LogP contribution is -2.42. The van der Waals surface area contributed by atoms with Crippen LogP contribution < -0.4 is 4.72 Å². The molecule has 0 radical (unpaired) electrons. The first-order chi connectivity index (χ1) is 8.42. The van der Waals surface area contributed by atoms with Crippen LogP contribution in [0.1, 0.15) is 6.42 Å². The number of nitrogens with one attached hydrogen (secondary N) is 1. The molecule has 1 aliphatic rings. The molecule has 106 valence electrons. The van der Waals surface area contributed by atoms with Gasteiger partial charge in [-0.05, 0) is 0 Å². The van der Waals surface area contributed by atoms with E-state index in [9.17, 15) is 13.2 Å². The summed E-state index contributed by atoms with van der Waals surface area (Å²) in [4.78, 5) is 10.4. The Bertz CT molecular complexity index is 368. The van der Waals surface area contributed by atoms with Gasteiger partial charge in [0, 0.05) is 42.6 Å². The third kappa shape index (κ3) is 5.79. The number of thioether (sulfide) groups is 2. The van der Waals surface area contributed by atoms with Crippen molar-refractivity contribution in [2.75, 3.05) is 37.4 Å². The second-order valence-electron chi connectivity index (χ2n) is 3.89. The molecule has 1 unspecified atom stereocenters. The van der Waals surface area contributed by atoms with Crippen molar-refractivity contribution < 1.29 is 18.3 Å². The standard InChI is InChI=1S/C9H18N2O4S3/c1-11(3-2-9(12)13)18(14,15)10-6-8-7-16-4-5-17-8/h8,10H,2-7H2,1H3,(H,12,13). The summed E-state index contributed by atoms with van der Waals surface area (Å²) in [6, 6.07) is 0. The number of hydrogen-bond acceptors (Lipinski definition) is 5. The van der Waals surface area contributed by atoms with Crippen molar-refractivity contribution in [3.63, 3.8) is 0 Å². The van der Waals surface area contributed by atoms with Crippen LogP contribution in [0.3, 0.4) is 0 Å². The van der Waals surface area contributed by atoms with Crippen molar-refractivity contribution in [1.82, 2.24) is 9.03 Å². The highest BCUT2D eigenvalue weighted by Crippen LogP contribution is 2.23. The van der Waals surface area contributed by atoms with Gasteiger partial charge in [-0.3, -0.25) is 4.79 Å². The number of carbonyl (C=O) groups is 1. The van der Waals surface area contributed by atoms with Crippen molar-refractivity contribution in [3.8, 4) is 0 Å². The maximum atomic E-state index is 11.8. The van der Waals surface area contributed by atoms with Crippen LogP contribution in [-0.4, -0.2) is 66.4 Å². The molecule has 9 heteroatoms. The summed E-state index contributed by atoms with van der Waals surface area (Å²) in [6.07, 6.45) is -0.189. The van der Waals surface area contributed by atoms with Crippen molar-refractivity contribution in [2.24, 2.45) is 0 Å².